The number of carbonyl (C=O) groups excluding carboxylic acids is 2. The number of halogens is 1. The minimum atomic E-state index is -0.782. The Morgan fingerprint density at radius 2 is 2.16 bits per heavy atom. The van der Waals surface area contributed by atoms with Gasteiger partial charge in [0.05, 0.1) is 14.2 Å². The highest BCUT2D eigenvalue weighted by molar-refractivity contribution is 5.93. The number of methoxy groups -OCH3 is 1. The summed E-state index contributed by atoms with van der Waals surface area (Å²) in [4.78, 5) is 23.5. The van der Waals surface area contributed by atoms with E-state index in [2.05, 4.69) is 10.1 Å². The van der Waals surface area contributed by atoms with Crippen LogP contribution in [0.25, 0.3) is 0 Å². The Balaban J connectivity index is 2.59. The fourth-order valence-electron chi connectivity index (χ4n) is 1.61. The molecule has 2 atom stereocenters. The van der Waals surface area contributed by atoms with E-state index in [1.807, 2.05) is 0 Å². The summed E-state index contributed by atoms with van der Waals surface area (Å²) in [5, 5.41) is 2.11. The van der Waals surface area contributed by atoms with Gasteiger partial charge in [0.2, 0.25) is 0 Å². The summed E-state index contributed by atoms with van der Waals surface area (Å²) in [5.74, 6) is -0.738. The minimum Gasteiger partial charge on any atom is -0.453 e. The van der Waals surface area contributed by atoms with E-state index in [9.17, 15) is 14.0 Å². The van der Waals surface area contributed by atoms with Crippen molar-refractivity contribution in [2.24, 2.45) is 0 Å². The molecule has 0 spiro atoms. The Bertz CT molecular complexity index is 465. The van der Waals surface area contributed by atoms with E-state index in [1.54, 1.807) is 26.1 Å². The molecule has 2 amide bonds. The van der Waals surface area contributed by atoms with Gasteiger partial charge < -0.3 is 9.64 Å². The first-order valence-electron chi connectivity index (χ1n) is 5.89. The molecular weight excluding hydrogens is 251 g/mol. The van der Waals surface area contributed by atoms with Crippen LogP contribution in [-0.2, 0) is 16.1 Å². The highest BCUT2D eigenvalue weighted by Gasteiger charge is 2.23. The molecule has 0 aliphatic carbocycles. The second-order valence-corrected chi connectivity index (χ2v) is 4.36. The number of quaternary nitrogens is 1. The van der Waals surface area contributed by atoms with Crippen LogP contribution in [-0.4, -0.2) is 32.2 Å². The van der Waals surface area contributed by atoms with Gasteiger partial charge in [-0.05, 0) is 19.1 Å². The van der Waals surface area contributed by atoms with Crippen molar-refractivity contribution in [2.45, 2.75) is 19.5 Å². The van der Waals surface area contributed by atoms with Crippen molar-refractivity contribution >= 4 is 12.0 Å². The van der Waals surface area contributed by atoms with Gasteiger partial charge >= 0.3 is 6.09 Å². The van der Waals surface area contributed by atoms with E-state index in [-0.39, 0.29) is 5.82 Å². The average molecular weight is 269 g/mol. The van der Waals surface area contributed by atoms with E-state index in [4.69, 9.17) is 0 Å². The maximum absolute atomic E-state index is 13.0. The molecular formula is C13H18FN2O3+. The van der Waals surface area contributed by atoms with E-state index in [1.165, 1.54) is 19.2 Å². The van der Waals surface area contributed by atoms with Gasteiger partial charge in [-0.3, -0.25) is 10.1 Å². The topological polar surface area (TPSA) is 59.8 Å². The van der Waals surface area contributed by atoms with Crippen LogP contribution in [0.15, 0.2) is 24.3 Å². The molecule has 19 heavy (non-hydrogen) atoms. The Morgan fingerprint density at radius 1 is 1.47 bits per heavy atom. The molecule has 0 heterocycles. The van der Waals surface area contributed by atoms with Crippen LogP contribution < -0.4 is 10.2 Å². The van der Waals surface area contributed by atoms with Crippen LogP contribution in [0.1, 0.15) is 12.5 Å². The van der Waals surface area contributed by atoms with Gasteiger partial charge in [0, 0.05) is 5.56 Å². The second-order valence-electron chi connectivity index (χ2n) is 4.36. The zero-order chi connectivity index (χ0) is 14.4. The smallest absolute Gasteiger partial charge is 0.413 e. The lowest BCUT2D eigenvalue weighted by Crippen LogP contribution is -3.12. The van der Waals surface area contributed by atoms with Crippen molar-refractivity contribution in [3.8, 4) is 0 Å². The molecule has 0 saturated carbocycles. The van der Waals surface area contributed by atoms with Crippen LogP contribution in [0.4, 0.5) is 9.18 Å². The lowest BCUT2D eigenvalue weighted by Gasteiger charge is -2.20. The number of alkyl carbamates (subject to hydrolysis) is 1. The number of amides is 2. The van der Waals surface area contributed by atoms with Crippen molar-refractivity contribution in [2.75, 3.05) is 14.2 Å². The number of carbonyl (C=O) groups is 2. The summed E-state index contributed by atoms with van der Waals surface area (Å²) < 4.78 is 17.4. The monoisotopic (exact) mass is 269 g/mol. The number of imide groups is 1. The highest BCUT2D eigenvalue weighted by Crippen LogP contribution is 2.01. The third-order valence-corrected chi connectivity index (χ3v) is 2.92. The number of nitrogens with one attached hydrogen (secondary N) is 2. The third-order valence-electron chi connectivity index (χ3n) is 2.92. The Labute approximate surface area is 111 Å². The van der Waals surface area contributed by atoms with Crippen LogP contribution in [0, 0.1) is 5.82 Å². The molecule has 0 radical (unpaired) electrons. The summed E-state index contributed by atoms with van der Waals surface area (Å²) >= 11 is 0. The summed E-state index contributed by atoms with van der Waals surface area (Å²) in [6.45, 7) is 2.17. The van der Waals surface area contributed by atoms with Gasteiger partial charge in [-0.2, -0.15) is 0 Å². The predicted molar refractivity (Wildman–Crippen MR) is 67.0 cm³/mol. The van der Waals surface area contributed by atoms with Gasteiger partial charge in [0.1, 0.15) is 12.4 Å². The zero-order valence-electron chi connectivity index (χ0n) is 11.2. The average Bonchev–Trinajstić information content (AvgIpc) is 2.37. The Kier molecular flexibility index (Phi) is 5.44. The van der Waals surface area contributed by atoms with Crippen LogP contribution in [0.5, 0.6) is 0 Å². The molecule has 0 aliphatic heterocycles. The molecule has 0 bridgehead atoms. The number of likely N-dealkylation sites (N-methyl/N-ethyl adjacent to an activating group) is 1. The molecule has 0 aromatic heterocycles. The van der Waals surface area contributed by atoms with Crippen molar-refractivity contribution in [1.29, 1.82) is 0 Å². The SMILES string of the molecule is COC(=O)NC(=O)[C@@H](C)[NH+](C)Cc1cccc(F)c1. The highest BCUT2D eigenvalue weighted by atomic mass is 19.1. The first-order valence-corrected chi connectivity index (χ1v) is 5.89. The van der Waals surface area contributed by atoms with Gasteiger partial charge in [-0.1, -0.05) is 12.1 Å². The quantitative estimate of drug-likeness (QED) is 0.815. The molecule has 6 heteroatoms. The fraction of sp³-hybridized carbons (Fsp3) is 0.385. The van der Waals surface area contributed by atoms with E-state index >= 15 is 0 Å². The van der Waals surface area contributed by atoms with Crippen molar-refractivity contribution in [3.05, 3.63) is 35.6 Å². The van der Waals surface area contributed by atoms with Crippen LogP contribution in [0.2, 0.25) is 0 Å². The van der Waals surface area contributed by atoms with Crippen molar-refractivity contribution in [1.82, 2.24) is 5.32 Å². The van der Waals surface area contributed by atoms with Gasteiger partial charge in [0.25, 0.3) is 5.91 Å². The number of hydrogen-bond donors (Lipinski definition) is 2. The maximum Gasteiger partial charge on any atom is 0.413 e. The van der Waals surface area contributed by atoms with Gasteiger partial charge in [-0.15, -0.1) is 0 Å². The molecule has 2 N–H and O–H groups in total. The molecule has 5 nitrogen and oxygen atoms in total. The molecule has 104 valence electrons. The first-order chi connectivity index (χ1) is 8.93. The summed E-state index contributed by atoms with van der Waals surface area (Å²) in [6, 6.07) is 5.75. The van der Waals surface area contributed by atoms with E-state index in [0.717, 1.165) is 10.5 Å². The van der Waals surface area contributed by atoms with Gasteiger partial charge in [-0.25, -0.2) is 9.18 Å². The largest absolute Gasteiger partial charge is 0.453 e. The predicted octanol–water partition coefficient (Wildman–Crippen LogP) is 0.112. The summed E-state index contributed by atoms with van der Waals surface area (Å²) in [7, 11) is 2.99. The molecule has 1 rings (SSSR count). The zero-order valence-corrected chi connectivity index (χ0v) is 11.2. The number of rotatable bonds is 4. The number of hydrogen-bond acceptors (Lipinski definition) is 3. The standard InChI is InChI=1S/C13H17FN2O3/c1-9(12(17)15-13(18)19-3)16(2)8-10-5-4-6-11(14)7-10/h4-7,9H,8H2,1-3H3,(H,15,17,18)/p+1/t9-/m1/s1. The van der Waals surface area contributed by atoms with E-state index in [0.29, 0.717) is 6.54 Å². The first kappa shape index (κ1) is 15.1. The van der Waals surface area contributed by atoms with Crippen molar-refractivity contribution < 1.29 is 23.6 Å². The minimum absolute atomic E-state index is 0.308. The third kappa shape index (κ3) is 4.67. The molecule has 0 saturated heterocycles. The Hall–Kier alpha value is -1.95. The molecule has 0 fully saturated rings. The van der Waals surface area contributed by atoms with Crippen LogP contribution in [0.3, 0.4) is 0 Å². The van der Waals surface area contributed by atoms with Gasteiger partial charge in [0.15, 0.2) is 6.04 Å². The summed E-state index contributed by atoms with van der Waals surface area (Å²) in [6.07, 6.45) is -0.782. The normalized spacial score (nSPS) is 13.5. The fourth-order valence-corrected chi connectivity index (χ4v) is 1.61. The lowest BCUT2D eigenvalue weighted by molar-refractivity contribution is -0.908. The van der Waals surface area contributed by atoms with E-state index < -0.39 is 18.0 Å². The number of ether oxygens (including phenoxy) is 1. The van der Waals surface area contributed by atoms with Crippen LogP contribution >= 0.6 is 0 Å². The molecule has 0 aliphatic rings. The number of benzene rings is 1. The maximum atomic E-state index is 13.0. The molecule has 1 aromatic carbocycles. The molecule has 1 unspecified atom stereocenters. The lowest BCUT2D eigenvalue weighted by atomic mass is 10.2. The summed E-state index contributed by atoms with van der Waals surface area (Å²) in [5.41, 5.74) is 0.787. The molecule has 1 aromatic rings. The van der Waals surface area contributed by atoms with Crippen molar-refractivity contribution in [3.63, 3.8) is 0 Å². The Morgan fingerprint density at radius 3 is 2.74 bits per heavy atom. The second kappa shape index (κ2) is 6.84.